The summed E-state index contributed by atoms with van der Waals surface area (Å²) in [6, 6.07) is 20.3. The Morgan fingerprint density at radius 2 is 1.74 bits per heavy atom. The fraction of sp³-hybridized carbons (Fsp3) is 0.0385. The van der Waals surface area contributed by atoms with E-state index < -0.39 is 6.36 Å². The molecule has 4 aromatic carbocycles. The molecule has 38 heavy (non-hydrogen) atoms. The first kappa shape index (κ1) is 25.8. The van der Waals surface area contributed by atoms with E-state index >= 15 is 0 Å². The Balaban J connectivity index is 1.32. The van der Waals surface area contributed by atoms with Gasteiger partial charge in [-0.05, 0) is 71.7 Å². The number of imidazole rings is 1. The summed E-state index contributed by atoms with van der Waals surface area (Å²) in [6.45, 7) is 0. The molecule has 5 aromatic rings. The first-order valence-electron chi connectivity index (χ1n) is 11.0. The van der Waals surface area contributed by atoms with Crippen molar-refractivity contribution >= 4 is 74.2 Å². The molecule has 5 rings (SSSR count). The molecule has 0 spiro atoms. The van der Waals surface area contributed by atoms with Crippen LogP contribution in [0.2, 0.25) is 10.0 Å². The Hall–Kier alpha value is -3.86. The number of aromatic nitrogens is 2. The van der Waals surface area contributed by atoms with Crippen molar-refractivity contribution in [2.45, 2.75) is 6.36 Å². The number of hydrazone groups is 1. The van der Waals surface area contributed by atoms with Crippen LogP contribution in [0.15, 0.2) is 84.2 Å². The number of halogens is 5. The highest BCUT2D eigenvalue weighted by Gasteiger charge is 2.31. The Morgan fingerprint density at radius 3 is 2.45 bits per heavy atom. The maximum Gasteiger partial charge on any atom is 0.573 e. The highest BCUT2D eigenvalue weighted by atomic mass is 35.5. The molecule has 0 atom stereocenters. The molecule has 0 bridgehead atoms. The zero-order valence-electron chi connectivity index (χ0n) is 19.1. The van der Waals surface area contributed by atoms with Gasteiger partial charge in [0.25, 0.3) is 0 Å². The molecule has 2 N–H and O–H groups in total. The van der Waals surface area contributed by atoms with Gasteiger partial charge in [0.1, 0.15) is 12.1 Å². The molecular weight excluding hydrogens is 558 g/mol. The van der Waals surface area contributed by atoms with Crippen LogP contribution in [0.5, 0.6) is 5.75 Å². The number of benzene rings is 4. The number of fused-ring (bicyclic) bond motifs is 3. The molecule has 6 nitrogen and oxygen atoms in total. The second-order valence-electron chi connectivity index (χ2n) is 7.99. The van der Waals surface area contributed by atoms with Gasteiger partial charge < -0.3 is 10.1 Å². The van der Waals surface area contributed by atoms with Crippen molar-refractivity contribution in [1.82, 2.24) is 15.0 Å². The van der Waals surface area contributed by atoms with E-state index in [9.17, 15) is 13.2 Å². The summed E-state index contributed by atoms with van der Waals surface area (Å²) in [5, 5.41) is 10.0. The zero-order chi connectivity index (χ0) is 26.9. The van der Waals surface area contributed by atoms with Crippen molar-refractivity contribution in [3.8, 4) is 11.4 Å². The monoisotopic (exact) mass is 573 g/mol. The van der Waals surface area contributed by atoms with Gasteiger partial charge in [0.15, 0.2) is 5.11 Å². The van der Waals surface area contributed by atoms with Gasteiger partial charge >= 0.3 is 6.36 Å². The lowest BCUT2D eigenvalue weighted by Crippen LogP contribution is -2.24. The predicted octanol–water partition coefficient (Wildman–Crippen LogP) is 7.70. The summed E-state index contributed by atoms with van der Waals surface area (Å²) in [6.07, 6.45) is -1.49. The maximum atomic E-state index is 12.4. The summed E-state index contributed by atoms with van der Waals surface area (Å²) in [4.78, 5) is 4.53. The second kappa shape index (κ2) is 10.5. The molecule has 12 heteroatoms. The van der Waals surface area contributed by atoms with Crippen LogP contribution in [0, 0.1) is 0 Å². The molecule has 0 radical (unpaired) electrons. The maximum absolute atomic E-state index is 12.4. The number of thiocarbonyl (C=S) groups is 1. The van der Waals surface area contributed by atoms with Gasteiger partial charge in [-0.1, -0.05) is 47.5 Å². The topological polar surface area (TPSA) is 63.5 Å². The first-order chi connectivity index (χ1) is 18.2. The molecular formula is C26H16Cl2F3N5OS. The largest absolute Gasteiger partial charge is 0.573 e. The molecule has 1 aromatic heterocycles. The average molecular weight is 574 g/mol. The fourth-order valence-electron chi connectivity index (χ4n) is 3.85. The quantitative estimate of drug-likeness (QED) is 0.128. The average Bonchev–Trinajstić information content (AvgIpc) is 3.30. The van der Waals surface area contributed by atoms with E-state index in [-0.39, 0.29) is 10.9 Å². The van der Waals surface area contributed by atoms with Gasteiger partial charge in [-0.2, -0.15) is 5.10 Å². The summed E-state index contributed by atoms with van der Waals surface area (Å²) in [5.74, 6) is -0.288. The lowest BCUT2D eigenvalue weighted by molar-refractivity contribution is -0.274. The molecule has 0 aliphatic carbocycles. The molecule has 0 fully saturated rings. The van der Waals surface area contributed by atoms with Crippen LogP contribution in [0.1, 0.15) is 5.56 Å². The van der Waals surface area contributed by atoms with Crippen LogP contribution in [-0.4, -0.2) is 27.2 Å². The number of alkyl halides is 3. The van der Waals surface area contributed by atoms with E-state index in [1.165, 1.54) is 24.3 Å². The molecule has 0 aliphatic rings. The van der Waals surface area contributed by atoms with Crippen molar-refractivity contribution < 1.29 is 17.9 Å². The smallest absolute Gasteiger partial charge is 0.406 e. The molecule has 0 saturated carbocycles. The van der Waals surface area contributed by atoms with Crippen molar-refractivity contribution in [2.24, 2.45) is 5.10 Å². The van der Waals surface area contributed by atoms with Crippen LogP contribution >= 0.6 is 35.4 Å². The van der Waals surface area contributed by atoms with E-state index in [1.807, 2.05) is 30.3 Å². The van der Waals surface area contributed by atoms with Gasteiger partial charge in [-0.15, -0.1) is 13.2 Å². The third-order valence-electron chi connectivity index (χ3n) is 5.49. The Morgan fingerprint density at radius 1 is 1.00 bits per heavy atom. The number of para-hydroxylation sites is 1. The van der Waals surface area contributed by atoms with E-state index in [0.29, 0.717) is 21.4 Å². The van der Waals surface area contributed by atoms with E-state index in [0.717, 1.165) is 27.4 Å². The summed E-state index contributed by atoms with van der Waals surface area (Å²) in [5.41, 5.74) is 6.25. The number of nitrogens with zero attached hydrogens (tertiary/aromatic N) is 3. The minimum Gasteiger partial charge on any atom is -0.406 e. The van der Waals surface area contributed by atoms with Crippen molar-refractivity contribution in [2.75, 3.05) is 5.32 Å². The third kappa shape index (κ3) is 5.67. The fourth-order valence-corrected chi connectivity index (χ4v) is 4.49. The summed E-state index contributed by atoms with van der Waals surface area (Å²) in [7, 11) is 0. The highest BCUT2D eigenvalue weighted by Crippen LogP contribution is 2.30. The summed E-state index contributed by atoms with van der Waals surface area (Å²) >= 11 is 17.5. The van der Waals surface area contributed by atoms with Gasteiger partial charge in [0.2, 0.25) is 0 Å². The normalized spacial score (nSPS) is 11.8. The van der Waals surface area contributed by atoms with Crippen LogP contribution in [0.25, 0.3) is 27.5 Å². The van der Waals surface area contributed by atoms with Gasteiger partial charge in [-0.3, -0.25) is 9.99 Å². The van der Waals surface area contributed by atoms with E-state index in [4.69, 9.17) is 35.4 Å². The highest BCUT2D eigenvalue weighted by molar-refractivity contribution is 7.80. The number of hydrogen-bond acceptors (Lipinski definition) is 4. The number of hydrogen-bond donors (Lipinski definition) is 2. The zero-order valence-corrected chi connectivity index (χ0v) is 21.5. The van der Waals surface area contributed by atoms with Crippen LogP contribution in [0.4, 0.5) is 18.9 Å². The van der Waals surface area contributed by atoms with Crippen LogP contribution in [0.3, 0.4) is 0 Å². The molecule has 0 amide bonds. The van der Waals surface area contributed by atoms with E-state index in [1.54, 1.807) is 35.3 Å². The first-order valence-corrected chi connectivity index (χ1v) is 12.1. The lowest BCUT2D eigenvalue weighted by atomic mass is 10.1. The van der Waals surface area contributed by atoms with Crippen LogP contribution in [-0.2, 0) is 0 Å². The summed E-state index contributed by atoms with van der Waals surface area (Å²) < 4.78 is 43.1. The number of ether oxygens (including phenoxy) is 1. The van der Waals surface area contributed by atoms with Gasteiger partial charge in [0.05, 0.1) is 33.0 Å². The molecule has 0 aliphatic heterocycles. The minimum absolute atomic E-state index is 0.224. The SMILES string of the molecule is FC(F)(F)Oc1ccc(-n2cnc3c4ccc(/C=N/NC(=S)Nc5c(Cl)cccc5Cl)cc4ccc32)cc1. The van der Waals surface area contributed by atoms with Crippen LogP contribution < -0.4 is 15.5 Å². The minimum atomic E-state index is -4.74. The molecule has 1 heterocycles. The third-order valence-corrected chi connectivity index (χ3v) is 6.31. The Kier molecular flexibility index (Phi) is 7.11. The van der Waals surface area contributed by atoms with E-state index in [2.05, 4.69) is 25.6 Å². The standard InChI is InChI=1S/C26H16Cl2F3N5OS/c27-20-2-1-3-21(28)24(20)34-25(38)35-33-13-15-4-10-19-16(12-15)5-11-22-23(19)32-14-36(22)17-6-8-18(9-7-17)37-26(29,30)31/h1-14H,(H2,34,35,38)/b33-13+. The van der Waals surface area contributed by atoms with Gasteiger partial charge in [0, 0.05) is 11.1 Å². The molecule has 0 unspecified atom stereocenters. The number of rotatable bonds is 5. The predicted molar refractivity (Wildman–Crippen MR) is 149 cm³/mol. The second-order valence-corrected chi connectivity index (χ2v) is 9.21. The molecule has 192 valence electrons. The van der Waals surface area contributed by atoms with Crippen molar-refractivity contribution in [3.63, 3.8) is 0 Å². The number of nitrogens with one attached hydrogen (secondary N) is 2. The Bertz CT molecular complexity index is 1670. The van der Waals surface area contributed by atoms with Gasteiger partial charge in [-0.25, -0.2) is 4.98 Å². The lowest BCUT2D eigenvalue weighted by Gasteiger charge is -2.10. The van der Waals surface area contributed by atoms with Crippen molar-refractivity contribution in [1.29, 1.82) is 0 Å². The Labute approximate surface area is 229 Å². The number of anilines is 1. The molecule has 0 saturated heterocycles. The van der Waals surface area contributed by atoms with Crippen molar-refractivity contribution in [3.05, 3.63) is 94.7 Å².